The summed E-state index contributed by atoms with van der Waals surface area (Å²) in [6.07, 6.45) is 2.20. The predicted molar refractivity (Wildman–Crippen MR) is 92.0 cm³/mol. The minimum Gasteiger partial charge on any atom is -0.253 e. The second-order valence-electron chi connectivity index (χ2n) is 5.21. The molecule has 1 aromatic heterocycles. The van der Waals surface area contributed by atoms with E-state index in [9.17, 15) is 0 Å². The maximum atomic E-state index is 4.77. The van der Waals surface area contributed by atoms with E-state index in [2.05, 4.69) is 67.6 Å². The van der Waals surface area contributed by atoms with Crippen molar-refractivity contribution in [1.82, 2.24) is 4.98 Å². The first-order valence-electron chi connectivity index (χ1n) is 7.36. The summed E-state index contributed by atoms with van der Waals surface area (Å²) in [6, 6.07) is 21.2. The smallest absolute Gasteiger partial charge is 0.0707 e. The van der Waals surface area contributed by atoms with Crippen molar-refractivity contribution in [2.75, 3.05) is 5.75 Å². The van der Waals surface area contributed by atoms with Crippen LogP contribution in [0.2, 0.25) is 0 Å². The van der Waals surface area contributed by atoms with E-state index >= 15 is 0 Å². The van der Waals surface area contributed by atoms with Crippen molar-refractivity contribution in [3.8, 4) is 0 Å². The van der Waals surface area contributed by atoms with Gasteiger partial charge in [-0.25, -0.2) is 0 Å². The average Bonchev–Trinajstić information content (AvgIpc) is 2.53. The van der Waals surface area contributed by atoms with Crippen molar-refractivity contribution >= 4 is 22.7 Å². The fourth-order valence-corrected chi connectivity index (χ4v) is 3.38. The zero-order valence-corrected chi connectivity index (χ0v) is 13.1. The highest BCUT2D eigenvalue weighted by Gasteiger charge is 2.02. The molecule has 0 unspecified atom stereocenters. The number of aryl methyl sites for hydroxylation is 2. The number of rotatable bonds is 5. The normalized spacial score (nSPS) is 10.9. The van der Waals surface area contributed by atoms with E-state index < -0.39 is 0 Å². The number of fused-ring (bicyclic) bond motifs is 1. The summed E-state index contributed by atoms with van der Waals surface area (Å²) in [6.45, 7) is 2.17. The zero-order chi connectivity index (χ0) is 14.5. The molecule has 0 bridgehead atoms. The Morgan fingerprint density at radius 2 is 1.71 bits per heavy atom. The van der Waals surface area contributed by atoms with Crippen LogP contribution in [0.5, 0.6) is 0 Å². The van der Waals surface area contributed by atoms with Crippen LogP contribution in [-0.4, -0.2) is 10.7 Å². The number of thioether (sulfide) groups is 1. The van der Waals surface area contributed by atoms with Gasteiger partial charge in [-0.1, -0.05) is 36.4 Å². The molecule has 0 saturated carbocycles. The highest BCUT2D eigenvalue weighted by Crippen LogP contribution is 2.21. The molecule has 1 nitrogen and oxygen atoms in total. The molecule has 0 fully saturated rings. The van der Waals surface area contributed by atoms with Gasteiger partial charge < -0.3 is 0 Å². The van der Waals surface area contributed by atoms with Gasteiger partial charge in [0.15, 0.2) is 0 Å². The molecule has 0 radical (unpaired) electrons. The quantitative estimate of drug-likeness (QED) is 0.469. The van der Waals surface area contributed by atoms with E-state index in [0.717, 1.165) is 24.1 Å². The van der Waals surface area contributed by atoms with E-state index in [1.165, 1.54) is 21.5 Å². The molecule has 3 aromatic rings. The van der Waals surface area contributed by atoms with Crippen molar-refractivity contribution in [2.24, 2.45) is 0 Å². The zero-order valence-electron chi connectivity index (χ0n) is 12.3. The van der Waals surface area contributed by atoms with Gasteiger partial charge in [0.2, 0.25) is 0 Å². The minimum atomic E-state index is 1.05. The second kappa shape index (κ2) is 6.77. The molecule has 0 atom stereocenters. The first kappa shape index (κ1) is 14.2. The fourth-order valence-electron chi connectivity index (χ4n) is 2.51. The van der Waals surface area contributed by atoms with E-state index in [4.69, 9.17) is 4.98 Å². The number of benzene rings is 2. The Labute approximate surface area is 130 Å². The number of hydrogen-bond donors (Lipinski definition) is 0. The van der Waals surface area contributed by atoms with Crippen LogP contribution in [-0.2, 0) is 6.42 Å². The van der Waals surface area contributed by atoms with Gasteiger partial charge in [0.1, 0.15) is 0 Å². The Bertz CT molecular complexity index is 722. The van der Waals surface area contributed by atoms with Gasteiger partial charge >= 0.3 is 0 Å². The summed E-state index contributed by atoms with van der Waals surface area (Å²) in [7, 11) is 0. The maximum Gasteiger partial charge on any atom is 0.0707 e. The topological polar surface area (TPSA) is 12.9 Å². The largest absolute Gasteiger partial charge is 0.253 e. The standard InChI is InChI=1S/C19H19NS/c1-15-14-16(20-19-12-6-5-11-18(15)19)8-7-13-21-17-9-3-2-4-10-17/h2-6,9-12,14H,7-8,13H2,1H3. The van der Waals surface area contributed by atoms with E-state index in [0.29, 0.717) is 0 Å². The van der Waals surface area contributed by atoms with Crippen LogP contribution >= 0.6 is 11.8 Å². The number of pyridine rings is 1. The lowest BCUT2D eigenvalue weighted by atomic mass is 10.1. The summed E-state index contributed by atoms with van der Waals surface area (Å²) >= 11 is 1.92. The SMILES string of the molecule is Cc1cc(CCCSc2ccccc2)nc2ccccc12. The Kier molecular flexibility index (Phi) is 4.56. The molecule has 0 N–H and O–H groups in total. The molecule has 1 heterocycles. The summed E-state index contributed by atoms with van der Waals surface area (Å²) in [5.74, 6) is 1.14. The first-order valence-corrected chi connectivity index (χ1v) is 8.34. The molecule has 0 aliphatic carbocycles. The molecule has 21 heavy (non-hydrogen) atoms. The predicted octanol–water partition coefficient (Wildman–Crippen LogP) is 5.27. The molecule has 0 aliphatic heterocycles. The van der Waals surface area contributed by atoms with Crippen molar-refractivity contribution in [3.05, 3.63) is 71.9 Å². The second-order valence-corrected chi connectivity index (χ2v) is 6.38. The van der Waals surface area contributed by atoms with E-state index in [1.807, 2.05) is 11.8 Å². The van der Waals surface area contributed by atoms with Gasteiger partial charge in [-0.15, -0.1) is 11.8 Å². The van der Waals surface area contributed by atoms with Crippen LogP contribution in [0.4, 0.5) is 0 Å². The molecule has 0 spiro atoms. The average molecular weight is 293 g/mol. The van der Waals surface area contributed by atoms with Crippen molar-refractivity contribution in [3.63, 3.8) is 0 Å². The van der Waals surface area contributed by atoms with Gasteiger partial charge in [-0.2, -0.15) is 0 Å². The maximum absolute atomic E-state index is 4.77. The van der Waals surface area contributed by atoms with Gasteiger partial charge in [-0.05, 0) is 55.3 Å². The summed E-state index contributed by atoms with van der Waals surface area (Å²) in [4.78, 5) is 6.12. The molecular formula is C19H19NS. The summed E-state index contributed by atoms with van der Waals surface area (Å²) in [5, 5.41) is 1.26. The molecule has 0 aliphatic rings. The van der Waals surface area contributed by atoms with E-state index in [1.54, 1.807) is 0 Å². The molecule has 3 rings (SSSR count). The van der Waals surface area contributed by atoms with Crippen LogP contribution in [0.3, 0.4) is 0 Å². The third-order valence-corrected chi connectivity index (χ3v) is 4.66. The molecule has 2 aromatic carbocycles. The lowest BCUT2D eigenvalue weighted by molar-refractivity contribution is 0.897. The summed E-state index contributed by atoms with van der Waals surface area (Å²) in [5.41, 5.74) is 3.65. The lowest BCUT2D eigenvalue weighted by Gasteiger charge is -2.06. The van der Waals surface area contributed by atoms with Crippen molar-refractivity contribution in [1.29, 1.82) is 0 Å². The van der Waals surface area contributed by atoms with Crippen LogP contribution in [0.25, 0.3) is 10.9 Å². The van der Waals surface area contributed by atoms with Crippen LogP contribution in [0.15, 0.2) is 65.6 Å². The molecule has 2 heteroatoms. The van der Waals surface area contributed by atoms with Gasteiger partial charge in [-0.3, -0.25) is 4.98 Å². The highest BCUT2D eigenvalue weighted by atomic mass is 32.2. The molecule has 106 valence electrons. The Morgan fingerprint density at radius 3 is 2.57 bits per heavy atom. The Balaban J connectivity index is 1.60. The number of aromatic nitrogens is 1. The summed E-state index contributed by atoms with van der Waals surface area (Å²) < 4.78 is 0. The van der Waals surface area contributed by atoms with E-state index in [-0.39, 0.29) is 0 Å². The van der Waals surface area contributed by atoms with Gasteiger partial charge in [0.25, 0.3) is 0 Å². The van der Waals surface area contributed by atoms with Crippen LogP contribution in [0.1, 0.15) is 17.7 Å². The van der Waals surface area contributed by atoms with Crippen LogP contribution < -0.4 is 0 Å². The van der Waals surface area contributed by atoms with Gasteiger partial charge in [0, 0.05) is 16.0 Å². The number of nitrogens with zero attached hydrogens (tertiary/aromatic N) is 1. The minimum absolute atomic E-state index is 1.05. The lowest BCUT2D eigenvalue weighted by Crippen LogP contribution is -1.94. The third kappa shape index (κ3) is 3.64. The highest BCUT2D eigenvalue weighted by molar-refractivity contribution is 7.99. The van der Waals surface area contributed by atoms with Crippen LogP contribution in [0, 0.1) is 6.92 Å². The molecular weight excluding hydrogens is 274 g/mol. The third-order valence-electron chi connectivity index (χ3n) is 3.57. The monoisotopic (exact) mass is 293 g/mol. The molecule has 0 amide bonds. The number of hydrogen-bond acceptors (Lipinski definition) is 2. The molecule has 0 saturated heterocycles. The van der Waals surface area contributed by atoms with Crippen molar-refractivity contribution < 1.29 is 0 Å². The Hall–Kier alpha value is -1.80. The fraction of sp³-hybridized carbons (Fsp3) is 0.211. The van der Waals surface area contributed by atoms with Gasteiger partial charge in [0.05, 0.1) is 5.52 Å². The van der Waals surface area contributed by atoms with Crippen molar-refractivity contribution in [2.45, 2.75) is 24.7 Å². The Morgan fingerprint density at radius 1 is 0.952 bits per heavy atom. The number of para-hydroxylation sites is 1. The first-order chi connectivity index (χ1) is 10.3.